The molecule has 0 aliphatic rings. The zero-order chi connectivity index (χ0) is 10.4. The SMILES string of the molecule is CCSc1nnc(NC(=O)CC#N)s1. The maximum atomic E-state index is 11.0. The van der Waals surface area contributed by atoms with Gasteiger partial charge in [-0.25, -0.2) is 0 Å². The minimum Gasteiger partial charge on any atom is -0.300 e. The van der Waals surface area contributed by atoms with E-state index in [0.717, 1.165) is 10.1 Å². The number of nitrogens with one attached hydrogen (secondary N) is 1. The van der Waals surface area contributed by atoms with E-state index in [-0.39, 0.29) is 12.3 Å². The van der Waals surface area contributed by atoms with Crippen LogP contribution in [0.1, 0.15) is 13.3 Å². The smallest absolute Gasteiger partial charge is 0.240 e. The van der Waals surface area contributed by atoms with Gasteiger partial charge in [0, 0.05) is 0 Å². The van der Waals surface area contributed by atoms with Crippen molar-refractivity contribution < 1.29 is 4.79 Å². The summed E-state index contributed by atoms with van der Waals surface area (Å²) in [6.07, 6.45) is -0.157. The average molecular weight is 228 g/mol. The lowest BCUT2D eigenvalue weighted by Crippen LogP contribution is -2.09. The second-order valence-corrected chi connectivity index (χ2v) is 4.68. The number of nitrogens with zero attached hydrogens (tertiary/aromatic N) is 3. The fraction of sp³-hybridized carbons (Fsp3) is 0.429. The van der Waals surface area contributed by atoms with Gasteiger partial charge in [-0.05, 0) is 5.75 Å². The van der Waals surface area contributed by atoms with E-state index in [1.54, 1.807) is 17.8 Å². The topological polar surface area (TPSA) is 78.7 Å². The van der Waals surface area contributed by atoms with Gasteiger partial charge in [0.1, 0.15) is 6.42 Å². The summed E-state index contributed by atoms with van der Waals surface area (Å²) in [4.78, 5) is 11.0. The van der Waals surface area contributed by atoms with Gasteiger partial charge in [0.25, 0.3) is 0 Å². The number of hydrogen-bond acceptors (Lipinski definition) is 6. The first-order valence-corrected chi connectivity index (χ1v) is 5.69. The molecule has 1 aromatic rings. The Morgan fingerprint density at radius 3 is 3.14 bits per heavy atom. The average Bonchev–Trinajstić information content (AvgIpc) is 2.53. The zero-order valence-corrected chi connectivity index (χ0v) is 9.11. The first kappa shape index (κ1) is 10.9. The molecule has 1 N–H and O–H groups in total. The molecule has 1 aromatic heterocycles. The minimum atomic E-state index is -0.350. The summed E-state index contributed by atoms with van der Waals surface area (Å²) in [6.45, 7) is 2.01. The molecule has 1 heterocycles. The van der Waals surface area contributed by atoms with E-state index in [1.165, 1.54) is 11.3 Å². The first-order chi connectivity index (χ1) is 6.76. The van der Waals surface area contributed by atoms with Gasteiger partial charge in [-0.1, -0.05) is 30.0 Å². The molecule has 1 amide bonds. The first-order valence-electron chi connectivity index (χ1n) is 3.89. The Kier molecular flexibility index (Phi) is 4.35. The maximum Gasteiger partial charge on any atom is 0.240 e. The predicted octanol–water partition coefficient (Wildman–Crippen LogP) is 1.50. The molecule has 0 bridgehead atoms. The highest BCUT2D eigenvalue weighted by Gasteiger charge is 2.06. The quantitative estimate of drug-likeness (QED) is 0.624. The lowest BCUT2D eigenvalue weighted by Gasteiger charge is -1.93. The summed E-state index contributed by atoms with van der Waals surface area (Å²) in [5, 5.41) is 18.8. The molecule has 1 rings (SSSR count). The predicted molar refractivity (Wildman–Crippen MR) is 55.2 cm³/mol. The fourth-order valence-electron chi connectivity index (χ4n) is 0.677. The Labute approximate surface area is 89.5 Å². The largest absolute Gasteiger partial charge is 0.300 e. The van der Waals surface area contributed by atoms with Crippen molar-refractivity contribution in [3.05, 3.63) is 0 Å². The van der Waals surface area contributed by atoms with Crippen LogP contribution in [0.15, 0.2) is 4.34 Å². The summed E-state index contributed by atoms with van der Waals surface area (Å²) < 4.78 is 0.819. The molecule has 14 heavy (non-hydrogen) atoms. The van der Waals surface area contributed by atoms with Crippen LogP contribution in [-0.4, -0.2) is 21.9 Å². The third-order valence-corrected chi connectivity index (χ3v) is 3.01. The van der Waals surface area contributed by atoms with Crippen molar-refractivity contribution in [1.82, 2.24) is 10.2 Å². The number of rotatable bonds is 4. The number of nitriles is 1. The van der Waals surface area contributed by atoms with E-state index in [4.69, 9.17) is 5.26 Å². The second kappa shape index (κ2) is 5.57. The van der Waals surface area contributed by atoms with Crippen molar-refractivity contribution in [3.8, 4) is 6.07 Å². The Morgan fingerprint density at radius 2 is 2.50 bits per heavy atom. The maximum absolute atomic E-state index is 11.0. The Hall–Kier alpha value is -1.13. The Bertz CT molecular complexity index is 357. The molecule has 0 unspecified atom stereocenters. The van der Waals surface area contributed by atoms with Gasteiger partial charge in [-0.2, -0.15) is 5.26 Å². The number of hydrogen-bond donors (Lipinski definition) is 1. The van der Waals surface area contributed by atoms with Crippen molar-refractivity contribution in [1.29, 1.82) is 5.26 Å². The minimum absolute atomic E-state index is 0.157. The molecule has 0 aromatic carbocycles. The molecule has 74 valence electrons. The number of aromatic nitrogens is 2. The van der Waals surface area contributed by atoms with Crippen LogP contribution in [0.4, 0.5) is 5.13 Å². The van der Waals surface area contributed by atoms with Gasteiger partial charge >= 0.3 is 0 Å². The lowest BCUT2D eigenvalue weighted by molar-refractivity contribution is -0.115. The van der Waals surface area contributed by atoms with E-state index in [9.17, 15) is 4.79 Å². The van der Waals surface area contributed by atoms with Crippen molar-refractivity contribution in [2.24, 2.45) is 0 Å². The van der Waals surface area contributed by atoms with Gasteiger partial charge in [0.05, 0.1) is 6.07 Å². The van der Waals surface area contributed by atoms with Crippen LogP contribution >= 0.6 is 23.1 Å². The molecular weight excluding hydrogens is 220 g/mol. The van der Waals surface area contributed by atoms with Gasteiger partial charge < -0.3 is 0 Å². The highest BCUT2D eigenvalue weighted by molar-refractivity contribution is 8.01. The molecule has 0 aliphatic carbocycles. The van der Waals surface area contributed by atoms with Crippen LogP contribution in [0, 0.1) is 11.3 Å². The van der Waals surface area contributed by atoms with E-state index in [0.29, 0.717) is 5.13 Å². The molecule has 0 fully saturated rings. The van der Waals surface area contributed by atoms with Crippen LogP contribution in [-0.2, 0) is 4.79 Å². The van der Waals surface area contributed by atoms with Crippen molar-refractivity contribution >= 4 is 34.1 Å². The van der Waals surface area contributed by atoms with Crippen LogP contribution in [0.3, 0.4) is 0 Å². The van der Waals surface area contributed by atoms with Crippen LogP contribution in [0.5, 0.6) is 0 Å². The molecule has 7 heteroatoms. The standard InChI is InChI=1S/C7H8N4OS2/c1-2-13-7-11-10-6(14-7)9-5(12)3-4-8/h2-3H2,1H3,(H,9,10,12). The van der Waals surface area contributed by atoms with Gasteiger partial charge in [0.15, 0.2) is 4.34 Å². The number of thioether (sulfide) groups is 1. The van der Waals surface area contributed by atoms with Crippen molar-refractivity contribution in [3.63, 3.8) is 0 Å². The molecule has 0 spiro atoms. The Balaban J connectivity index is 2.51. The Morgan fingerprint density at radius 1 is 1.71 bits per heavy atom. The van der Waals surface area contributed by atoms with Crippen LogP contribution in [0.25, 0.3) is 0 Å². The molecule has 0 aliphatic heterocycles. The third-order valence-electron chi connectivity index (χ3n) is 1.16. The summed E-state index contributed by atoms with van der Waals surface area (Å²) in [6, 6.07) is 1.76. The van der Waals surface area contributed by atoms with Crippen LogP contribution in [0.2, 0.25) is 0 Å². The van der Waals surface area contributed by atoms with E-state index < -0.39 is 0 Å². The molecule has 5 nitrogen and oxygen atoms in total. The molecule has 0 atom stereocenters. The van der Waals surface area contributed by atoms with Crippen molar-refractivity contribution in [2.45, 2.75) is 17.7 Å². The summed E-state index contributed by atoms with van der Waals surface area (Å²) in [5.74, 6) is 0.567. The van der Waals surface area contributed by atoms with Gasteiger partial charge in [0.2, 0.25) is 11.0 Å². The summed E-state index contributed by atoms with van der Waals surface area (Å²) in [7, 11) is 0. The zero-order valence-electron chi connectivity index (χ0n) is 7.48. The number of carbonyl (C=O) groups excluding carboxylic acids is 1. The van der Waals surface area contributed by atoms with Crippen LogP contribution < -0.4 is 5.32 Å². The number of anilines is 1. The highest BCUT2D eigenvalue weighted by Crippen LogP contribution is 2.24. The third kappa shape index (κ3) is 3.32. The molecule has 0 saturated carbocycles. The van der Waals surface area contributed by atoms with E-state index in [1.807, 2.05) is 6.92 Å². The normalized spacial score (nSPS) is 9.43. The summed E-state index contributed by atoms with van der Waals surface area (Å²) >= 11 is 2.88. The van der Waals surface area contributed by atoms with E-state index >= 15 is 0 Å². The fourth-order valence-corrected chi connectivity index (χ4v) is 2.34. The van der Waals surface area contributed by atoms with Gasteiger partial charge in [-0.15, -0.1) is 10.2 Å². The number of carbonyl (C=O) groups is 1. The molecular formula is C7H8N4OS2. The van der Waals surface area contributed by atoms with Crippen molar-refractivity contribution in [2.75, 3.05) is 11.1 Å². The monoisotopic (exact) mass is 228 g/mol. The molecule has 0 saturated heterocycles. The van der Waals surface area contributed by atoms with Gasteiger partial charge in [-0.3, -0.25) is 10.1 Å². The number of amides is 1. The lowest BCUT2D eigenvalue weighted by atomic mass is 10.4. The molecule has 0 radical (unpaired) electrons. The summed E-state index contributed by atoms with van der Waals surface area (Å²) in [5.41, 5.74) is 0. The second-order valence-electron chi connectivity index (χ2n) is 2.19. The van der Waals surface area contributed by atoms with E-state index in [2.05, 4.69) is 15.5 Å². The highest BCUT2D eigenvalue weighted by atomic mass is 32.2.